The largest absolute Gasteiger partial charge is 0.493 e. The van der Waals surface area contributed by atoms with E-state index in [-0.39, 0.29) is 11.5 Å². The molecule has 0 aliphatic carbocycles. The van der Waals surface area contributed by atoms with Crippen molar-refractivity contribution >= 4 is 34.0 Å². The standard InChI is InChI=1S/C27H27BrFN3O4/c1-17(2)25(31-26(33)21-6-4-5-7-22(21)29)27(34)32-30-15-19-10-13-23(24(14-19)35-3)36-16-18-8-11-20(28)12-9-18/h4-15,17,25H,16H2,1-3H3,(H,31,33)(H,32,34)/b30-15+. The van der Waals surface area contributed by atoms with E-state index in [0.29, 0.717) is 23.7 Å². The van der Waals surface area contributed by atoms with E-state index in [1.54, 1.807) is 38.1 Å². The van der Waals surface area contributed by atoms with Gasteiger partial charge in [-0.1, -0.05) is 54.0 Å². The van der Waals surface area contributed by atoms with Crippen molar-refractivity contribution in [3.05, 3.63) is 93.7 Å². The second kappa shape index (κ2) is 12.8. The molecule has 0 heterocycles. The first-order valence-corrected chi connectivity index (χ1v) is 12.0. The number of ether oxygens (including phenoxy) is 2. The summed E-state index contributed by atoms with van der Waals surface area (Å²) in [6.07, 6.45) is 1.45. The van der Waals surface area contributed by atoms with E-state index in [1.165, 1.54) is 31.5 Å². The molecule has 36 heavy (non-hydrogen) atoms. The summed E-state index contributed by atoms with van der Waals surface area (Å²) in [5, 5.41) is 6.57. The molecule has 2 N–H and O–H groups in total. The maximum atomic E-state index is 13.9. The van der Waals surface area contributed by atoms with E-state index in [9.17, 15) is 14.0 Å². The summed E-state index contributed by atoms with van der Waals surface area (Å²) in [6, 6.07) is 17.8. The molecule has 2 amide bonds. The van der Waals surface area contributed by atoms with Crippen molar-refractivity contribution in [3.63, 3.8) is 0 Å². The van der Waals surface area contributed by atoms with Crippen LogP contribution in [0.3, 0.4) is 0 Å². The van der Waals surface area contributed by atoms with Crippen molar-refractivity contribution in [3.8, 4) is 11.5 Å². The van der Waals surface area contributed by atoms with Crippen LogP contribution in [-0.4, -0.2) is 31.2 Å². The average molecular weight is 556 g/mol. The lowest BCUT2D eigenvalue weighted by Crippen LogP contribution is -2.48. The highest BCUT2D eigenvalue weighted by atomic mass is 79.9. The fourth-order valence-electron chi connectivity index (χ4n) is 3.26. The van der Waals surface area contributed by atoms with E-state index in [4.69, 9.17) is 9.47 Å². The molecule has 0 radical (unpaired) electrons. The first kappa shape index (κ1) is 26.9. The number of nitrogens with one attached hydrogen (secondary N) is 2. The number of hydrogen-bond acceptors (Lipinski definition) is 5. The highest BCUT2D eigenvalue weighted by Gasteiger charge is 2.25. The molecular formula is C27H27BrFN3O4. The van der Waals surface area contributed by atoms with E-state index >= 15 is 0 Å². The Bertz CT molecular complexity index is 1230. The van der Waals surface area contributed by atoms with Crippen molar-refractivity contribution in [2.45, 2.75) is 26.5 Å². The number of hydrazone groups is 1. The van der Waals surface area contributed by atoms with Crippen LogP contribution in [0.15, 0.2) is 76.3 Å². The Labute approximate surface area is 217 Å². The van der Waals surface area contributed by atoms with Crippen molar-refractivity contribution in [2.24, 2.45) is 11.0 Å². The van der Waals surface area contributed by atoms with Crippen LogP contribution in [-0.2, 0) is 11.4 Å². The van der Waals surface area contributed by atoms with Crippen molar-refractivity contribution < 1.29 is 23.5 Å². The van der Waals surface area contributed by atoms with Gasteiger partial charge in [-0.3, -0.25) is 9.59 Å². The van der Waals surface area contributed by atoms with Gasteiger partial charge in [-0.05, 0) is 59.5 Å². The van der Waals surface area contributed by atoms with Gasteiger partial charge in [0.15, 0.2) is 11.5 Å². The minimum absolute atomic E-state index is 0.131. The van der Waals surface area contributed by atoms with Gasteiger partial charge in [-0.2, -0.15) is 5.10 Å². The molecule has 7 nitrogen and oxygen atoms in total. The fourth-order valence-corrected chi connectivity index (χ4v) is 3.53. The number of carbonyl (C=O) groups excluding carboxylic acids is 2. The van der Waals surface area contributed by atoms with Crippen LogP contribution < -0.4 is 20.2 Å². The molecule has 0 aliphatic rings. The van der Waals surface area contributed by atoms with Gasteiger partial charge in [-0.15, -0.1) is 0 Å². The first-order chi connectivity index (χ1) is 17.3. The normalized spacial score (nSPS) is 11.8. The molecule has 0 bridgehead atoms. The molecule has 188 valence electrons. The molecule has 0 fully saturated rings. The molecule has 3 aromatic rings. The lowest BCUT2D eigenvalue weighted by Gasteiger charge is -2.20. The third kappa shape index (κ3) is 7.39. The molecule has 3 rings (SSSR count). The fraction of sp³-hybridized carbons (Fsp3) is 0.222. The summed E-state index contributed by atoms with van der Waals surface area (Å²) in [4.78, 5) is 25.1. The molecule has 1 unspecified atom stereocenters. The summed E-state index contributed by atoms with van der Waals surface area (Å²) in [5.74, 6) is -1.02. The quantitative estimate of drug-likeness (QED) is 0.269. The first-order valence-electron chi connectivity index (χ1n) is 11.2. The molecular weight excluding hydrogens is 529 g/mol. The topological polar surface area (TPSA) is 89.0 Å². The zero-order valence-electron chi connectivity index (χ0n) is 20.1. The van der Waals surface area contributed by atoms with Gasteiger partial charge in [0, 0.05) is 4.47 Å². The van der Waals surface area contributed by atoms with E-state index in [2.05, 4.69) is 31.8 Å². The van der Waals surface area contributed by atoms with E-state index in [1.807, 2.05) is 24.3 Å². The molecule has 0 aromatic heterocycles. The van der Waals surface area contributed by atoms with Gasteiger partial charge in [0.05, 0.1) is 18.9 Å². The Balaban J connectivity index is 1.61. The Hall–Kier alpha value is -3.72. The zero-order valence-corrected chi connectivity index (χ0v) is 21.7. The Morgan fingerprint density at radius 1 is 1.06 bits per heavy atom. The molecule has 0 aliphatic heterocycles. The number of benzene rings is 3. The second-order valence-electron chi connectivity index (χ2n) is 8.23. The maximum Gasteiger partial charge on any atom is 0.262 e. The highest BCUT2D eigenvalue weighted by molar-refractivity contribution is 9.10. The molecule has 1 atom stereocenters. The van der Waals surface area contributed by atoms with Crippen LogP contribution in [0.25, 0.3) is 0 Å². The average Bonchev–Trinajstić information content (AvgIpc) is 2.87. The molecule has 0 saturated heterocycles. The summed E-state index contributed by atoms with van der Waals surface area (Å²) < 4.78 is 26.2. The number of nitrogens with zero attached hydrogens (tertiary/aromatic N) is 1. The van der Waals surface area contributed by atoms with Crippen LogP contribution in [0, 0.1) is 11.7 Å². The zero-order chi connectivity index (χ0) is 26.1. The monoisotopic (exact) mass is 555 g/mol. The van der Waals surface area contributed by atoms with Gasteiger partial charge in [0.1, 0.15) is 18.5 Å². The molecule has 9 heteroatoms. The number of carbonyl (C=O) groups is 2. The smallest absolute Gasteiger partial charge is 0.262 e. The van der Waals surface area contributed by atoms with Crippen molar-refractivity contribution in [1.29, 1.82) is 0 Å². The summed E-state index contributed by atoms with van der Waals surface area (Å²) in [5.41, 5.74) is 3.98. The van der Waals surface area contributed by atoms with Gasteiger partial charge in [0.25, 0.3) is 11.8 Å². The Morgan fingerprint density at radius 2 is 1.78 bits per heavy atom. The molecule has 3 aromatic carbocycles. The van der Waals surface area contributed by atoms with Gasteiger partial charge in [-0.25, -0.2) is 9.82 Å². The lowest BCUT2D eigenvalue weighted by atomic mass is 10.0. The Kier molecular flexibility index (Phi) is 9.58. The van der Waals surface area contributed by atoms with Crippen molar-refractivity contribution in [1.82, 2.24) is 10.7 Å². The van der Waals surface area contributed by atoms with Gasteiger partial charge in [0.2, 0.25) is 0 Å². The number of amides is 2. The molecule has 0 saturated carbocycles. The van der Waals surface area contributed by atoms with Crippen LogP contribution in [0.5, 0.6) is 11.5 Å². The van der Waals surface area contributed by atoms with E-state index < -0.39 is 23.7 Å². The van der Waals surface area contributed by atoms with Crippen LogP contribution in [0.1, 0.15) is 35.3 Å². The number of halogens is 2. The third-order valence-electron chi connectivity index (χ3n) is 5.24. The predicted molar refractivity (Wildman–Crippen MR) is 140 cm³/mol. The van der Waals surface area contributed by atoms with Gasteiger partial charge >= 0.3 is 0 Å². The summed E-state index contributed by atoms with van der Waals surface area (Å²) in [6.45, 7) is 3.92. The van der Waals surface area contributed by atoms with E-state index in [0.717, 1.165) is 10.0 Å². The summed E-state index contributed by atoms with van der Waals surface area (Å²) in [7, 11) is 1.54. The van der Waals surface area contributed by atoms with Crippen LogP contribution in [0.2, 0.25) is 0 Å². The SMILES string of the molecule is COc1cc(/C=N/NC(=O)C(NC(=O)c2ccccc2F)C(C)C)ccc1OCc1ccc(Br)cc1. The maximum absolute atomic E-state index is 13.9. The minimum Gasteiger partial charge on any atom is -0.493 e. The van der Waals surface area contributed by atoms with Gasteiger partial charge < -0.3 is 14.8 Å². The number of rotatable bonds is 10. The molecule has 0 spiro atoms. The number of methoxy groups -OCH3 is 1. The van der Waals surface area contributed by atoms with Crippen LogP contribution in [0.4, 0.5) is 4.39 Å². The summed E-state index contributed by atoms with van der Waals surface area (Å²) >= 11 is 3.41. The van der Waals surface area contributed by atoms with Crippen LogP contribution >= 0.6 is 15.9 Å². The highest BCUT2D eigenvalue weighted by Crippen LogP contribution is 2.28. The minimum atomic E-state index is -0.904. The lowest BCUT2D eigenvalue weighted by molar-refractivity contribution is -0.123. The number of hydrogen-bond donors (Lipinski definition) is 2. The predicted octanol–water partition coefficient (Wildman–Crippen LogP) is 5.08. The third-order valence-corrected chi connectivity index (χ3v) is 5.77. The second-order valence-corrected chi connectivity index (χ2v) is 9.15. The van der Waals surface area contributed by atoms with Crippen molar-refractivity contribution in [2.75, 3.05) is 7.11 Å². The Morgan fingerprint density at radius 3 is 2.44 bits per heavy atom.